The molecular weight excluding hydrogens is 621 g/mol. The summed E-state index contributed by atoms with van der Waals surface area (Å²) in [6.45, 7) is 3.39. The summed E-state index contributed by atoms with van der Waals surface area (Å²) in [6.07, 6.45) is 2.79. The zero-order chi connectivity index (χ0) is 31.4. The maximum atomic E-state index is 13.5. The Bertz CT molecular complexity index is 1390. The predicted molar refractivity (Wildman–Crippen MR) is 142 cm³/mol. The van der Waals surface area contributed by atoms with Crippen molar-refractivity contribution in [1.82, 2.24) is 19.5 Å². The molecule has 0 aliphatic carbocycles. The third-order valence-electron chi connectivity index (χ3n) is 5.71. The van der Waals surface area contributed by atoms with Crippen molar-refractivity contribution in [3.8, 4) is 12.3 Å². The van der Waals surface area contributed by atoms with Gasteiger partial charge < -0.3 is 38.9 Å². The maximum absolute atomic E-state index is 13.5. The van der Waals surface area contributed by atoms with Crippen LogP contribution < -0.4 is 5.73 Å². The third kappa shape index (κ3) is 7.11. The van der Waals surface area contributed by atoms with Crippen LogP contribution in [0.2, 0.25) is 0 Å². The molecule has 0 saturated carbocycles. The van der Waals surface area contributed by atoms with E-state index < -0.39 is 75.5 Å². The first-order chi connectivity index (χ1) is 20.3. The number of nitrogens with zero attached hydrogens (tertiary/aromatic N) is 4. The molecule has 4 atom stereocenters. The van der Waals surface area contributed by atoms with Crippen LogP contribution in [0.25, 0.3) is 11.2 Å². The molecule has 2 aliphatic heterocycles. The Morgan fingerprint density at radius 2 is 1.77 bits per heavy atom. The number of terminal acetylenes is 1. The van der Waals surface area contributed by atoms with Gasteiger partial charge in [0.1, 0.15) is 25.2 Å². The molecule has 0 amide bonds. The Morgan fingerprint density at radius 3 is 2.35 bits per heavy atom. The molecule has 43 heavy (non-hydrogen) atoms. The van der Waals surface area contributed by atoms with Gasteiger partial charge in [-0.25, -0.2) is 38.2 Å². The summed E-state index contributed by atoms with van der Waals surface area (Å²) in [4.78, 5) is 35.8. The van der Waals surface area contributed by atoms with Crippen LogP contribution in [0.3, 0.4) is 0 Å². The molecule has 20 heteroatoms. The predicted octanol–water partition coefficient (Wildman–Crippen LogP) is 2.81. The number of ether oxygens (including phenoxy) is 7. The van der Waals surface area contributed by atoms with Crippen LogP contribution in [0.15, 0.2) is 12.7 Å². The summed E-state index contributed by atoms with van der Waals surface area (Å²) in [7, 11) is -4.72. The Hall–Kier alpha value is -3.27. The number of aromatic nitrogens is 4. The van der Waals surface area contributed by atoms with E-state index in [4.69, 9.17) is 70.5 Å². The van der Waals surface area contributed by atoms with Crippen molar-refractivity contribution in [1.29, 1.82) is 0 Å². The molecule has 2 saturated heterocycles. The number of phosphoric acid groups is 1. The average molecular weight is 650 g/mol. The molecule has 0 radical (unpaired) electrons. The number of hydrogen-bond donors (Lipinski definition) is 1. The fourth-order valence-corrected chi connectivity index (χ4v) is 5.37. The van der Waals surface area contributed by atoms with E-state index in [0.29, 0.717) is 0 Å². The first-order valence-electron chi connectivity index (χ1n) is 12.6. The van der Waals surface area contributed by atoms with Crippen LogP contribution in [0, 0.1) is 12.3 Å². The van der Waals surface area contributed by atoms with E-state index in [1.807, 2.05) is 0 Å². The number of hydrogen-bond acceptors (Lipinski definition) is 17. The smallest absolute Gasteiger partial charge is 0.432 e. The van der Waals surface area contributed by atoms with Crippen LogP contribution in [-0.4, -0.2) is 87.8 Å². The molecule has 4 heterocycles. The number of nitrogen functional groups attached to an aromatic ring is 1. The molecule has 2 aromatic rings. The molecule has 0 bridgehead atoms. The highest BCUT2D eigenvalue weighted by Gasteiger charge is 2.69. The van der Waals surface area contributed by atoms with E-state index >= 15 is 0 Å². The largest absolute Gasteiger partial charge is 0.510 e. The number of halogens is 1. The standard InChI is InChI=1S/C23H29ClN5O13P/c1-6-22-18(33-10-36-22)23(24,42-19(22)29-9-28-15-16(25)26-8-27-17(15)29)7-37-43(32,38-11-34-20(30)40-13(2)3)39-12-35-21(31)41-14(4)5/h1,8-9,13-14,18-19H,7,10-12H2,2-5H3,(H2,25,26,27)/t18-,19+,22+,23+/m0/s1. The monoisotopic (exact) mass is 649 g/mol. The van der Waals surface area contributed by atoms with Crippen molar-refractivity contribution in [2.45, 2.75) is 62.9 Å². The van der Waals surface area contributed by atoms with Crippen LogP contribution in [0.1, 0.15) is 33.9 Å². The van der Waals surface area contributed by atoms with E-state index in [-0.39, 0.29) is 23.8 Å². The first kappa shape index (κ1) is 32.6. The van der Waals surface area contributed by atoms with Crippen LogP contribution in [-0.2, 0) is 51.3 Å². The molecule has 2 aromatic heterocycles. The quantitative estimate of drug-likeness (QED) is 0.115. The van der Waals surface area contributed by atoms with Gasteiger partial charge >= 0.3 is 20.1 Å². The van der Waals surface area contributed by atoms with Crippen LogP contribution in [0.5, 0.6) is 0 Å². The Balaban J connectivity index is 1.53. The van der Waals surface area contributed by atoms with Gasteiger partial charge in [0, 0.05) is 0 Å². The molecule has 2 N–H and O–H groups in total. The topological polar surface area (TPSA) is 213 Å². The zero-order valence-electron chi connectivity index (χ0n) is 23.4. The Morgan fingerprint density at radius 1 is 1.14 bits per heavy atom. The molecule has 18 nitrogen and oxygen atoms in total. The summed E-state index contributed by atoms with van der Waals surface area (Å²) in [5.74, 6) is 2.63. The number of rotatable bonds is 12. The number of fused-ring (bicyclic) bond motifs is 2. The minimum atomic E-state index is -4.72. The second-order valence-corrected chi connectivity index (χ2v) is 11.7. The fraction of sp³-hybridized carbons (Fsp3) is 0.609. The molecule has 0 spiro atoms. The first-order valence-corrected chi connectivity index (χ1v) is 14.4. The third-order valence-corrected chi connectivity index (χ3v) is 7.40. The Labute approximate surface area is 249 Å². The summed E-state index contributed by atoms with van der Waals surface area (Å²) in [6, 6.07) is 0. The average Bonchev–Trinajstić information content (AvgIpc) is 3.61. The van der Waals surface area contributed by atoms with Crippen molar-refractivity contribution in [3.05, 3.63) is 12.7 Å². The van der Waals surface area contributed by atoms with Gasteiger partial charge in [-0.2, -0.15) is 0 Å². The summed E-state index contributed by atoms with van der Waals surface area (Å²) < 4.78 is 67.1. The molecule has 0 unspecified atom stereocenters. The fourth-order valence-electron chi connectivity index (χ4n) is 3.99. The molecule has 2 aliphatic rings. The van der Waals surface area contributed by atoms with Crippen LogP contribution in [0.4, 0.5) is 15.4 Å². The maximum Gasteiger partial charge on any atom is 0.510 e. The van der Waals surface area contributed by atoms with E-state index in [0.717, 1.165) is 0 Å². The Kier molecular flexibility index (Phi) is 9.99. The molecule has 4 rings (SSSR count). The lowest BCUT2D eigenvalue weighted by molar-refractivity contribution is -0.137. The van der Waals surface area contributed by atoms with Crippen molar-refractivity contribution in [3.63, 3.8) is 0 Å². The normalized spacial score (nSPS) is 25.1. The van der Waals surface area contributed by atoms with Crippen molar-refractivity contribution in [2.75, 3.05) is 32.7 Å². The van der Waals surface area contributed by atoms with E-state index in [1.54, 1.807) is 27.7 Å². The van der Waals surface area contributed by atoms with Crippen molar-refractivity contribution >= 4 is 48.7 Å². The molecule has 2 fully saturated rings. The lowest BCUT2D eigenvalue weighted by Crippen LogP contribution is -2.47. The van der Waals surface area contributed by atoms with Crippen molar-refractivity contribution in [2.24, 2.45) is 0 Å². The molecular formula is C23H29ClN5O13P. The molecule has 0 aromatic carbocycles. The number of imidazole rings is 1. The number of carbonyl (C=O) groups excluding carboxylic acids is 2. The lowest BCUT2D eigenvalue weighted by Gasteiger charge is -2.27. The van der Waals surface area contributed by atoms with Gasteiger partial charge in [0.05, 0.1) is 18.5 Å². The van der Waals surface area contributed by atoms with Gasteiger partial charge in [0.15, 0.2) is 28.9 Å². The van der Waals surface area contributed by atoms with Gasteiger partial charge in [-0.15, -0.1) is 6.42 Å². The van der Waals surface area contributed by atoms with Crippen molar-refractivity contribution < 1.29 is 60.9 Å². The van der Waals surface area contributed by atoms with Gasteiger partial charge in [0.2, 0.25) is 19.2 Å². The minimum Gasteiger partial charge on any atom is -0.432 e. The van der Waals surface area contributed by atoms with E-state index in [9.17, 15) is 14.2 Å². The van der Waals surface area contributed by atoms with Gasteiger partial charge in [0.25, 0.3) is 0 Å². The minimum absolute atomic E-state index is 0.103. The van der Waals surface area contributed by atoms with Gasteiger partial charge in [-0.3, -0.25) is 9.09 Å². The number of phosphoric ester groups is 1. The lowest BCUT2D eigenvalue weighted by atomic mass is 9.95. The van der Waals surface area contributed by atoms with Gasteiger partial charge in [-0.05, 0) is 27.7 Å². The zero-order valence-corrected chi connectivity index (χ0v) is 25.0. The molecule has 236 valence electrons. The highest BCUT2D eigenvalue weighted by atomic mass is 35.5. The second kappa shape index (κ2) is 13.2. The number of alkyl halides is 1. The number of carbonyl (C=O) groups is 2. The number of anilines is 1. The summed E-state index contributed by atoms with van der Waals surface area (Å²) in [5, 5.41) is -1.99. The highest BCUT2D eigenvalue weighted by molar-refractivity contribution is 7.48. The van der Waals surface area contributed by atoms with E-state index in [1.165, 1.54) is 17.2 Å². The highest BCUT2D eigenvalue weighted by Crippen LogP contribution is 2.56. The van der Waals surface area contributed by atoms with Gasteiger partial charge in [-0.1, -0.05) is 17.5 Å². The summed E-state index contributed by atoms with van der Waals surface area (Å²) >= 11 is 6.84. The SMILES string of the molecule is C#C[C@@]12OCO[C@@H]1[C@@](Cl)(COP(=O)(OCOC(=O)OC(C)C)OCOC(=O)OC(C)C)O[C@H]2n1cnc2c(N)ncnc21. The second-order valence-electron chi connectivity index (χ2n) is 9.42. The van der Waals surface area contributed by atoms with Crippen LogP contribution >= 0.6 is 19.4 Å². The number of nitrogens with two attached hydrogens (primary N) is 1. The van der Waals surface area contributed by atoms with E-state index in [2.05, 4.69) is 20.9 Å². The summed E-state index contributed by atoms with van der Waals surface area (Å²) in [5.41, 5.74) is 4.77.